The number of carbonyl (C=O) groups is 3. The largest absolute Gasteiger partial charge is 0.324 e. The van der Waals surface area contributed by atoms with Crippen LogP contribution in [0.1, 0.15) is 19.3 Å². The molecule has 1 saturated heterocycles. The van der Waals surface area contributed by atoms with Gasteiger partial charge in [-0.25, -0.2) is 4.98 Å². The number of likely N-dealkylation sites (tertiary alicyclic amines) is 1. The Hall–Kier alpha value is -2.96. The van der Waals surface area contributed by atoms with Gasteiger partial charge in [-0.2, -0.15) is 0 Å². The number of nitrogens with zero attached hydrogens (tertiary/aromatic N) is 3. The average molecular weight is 312 g/mol. The first-order valence-electron chi connectivity index (χ1n) is 7.35. The Balaban J connectivity index is 1.65. The highest BCUT2D eigenvalue weighted by molar-refractivity contribution is 6.02. The fourth-order valence-corrected chi connectivity index (χ4v) is 2.50. The second-order valence-corrected chi connectivity index (χ2v) is 5.22. The lowest BCUT2D eigenvalue weighted by molar-refractivity contribution is -0.138. The van der Waals surface area contributed by atoms with Crippen LogP contribution < -0.4 is 5.32 Å². The van der Waals surface area contributed by atoms with Crippen LogP contribution in [-0.4, -0.2) is 38.7 Å². The van der Waals surface area contributed by atoms with E-state index in [0.717, 1.165) is 10.6 Å². The van der Waals surface area contributed by atoms with Crippen molar-refractivity contribution in [1.82, 2.24) is 14.5 Å². The molecule has 118 valence electrons. The molecular weight excluding hydrogens is 296 g/mol. The summed E-state index contributed by atoms with van der Waals surface area (Å²) in [6, 6.07) is 7.35. The number of aromatic nitrogens is 2. The second kappa shape index (κ2) is 6.43. The zero-order valence-corrected chi connectivity index (χ0v) is 12.4. The van der Waals surface area contributed by atoms with E-state index in [1.165, 1.54) is 0 Å². The third-order valence-electron chi connectivity index (χ3n) is 3.68. The molecule has 3 amide bonds. The Morgan fingerprint density at radius 3 is 2.61 bits per heavy atom. The van der Waals surface area contributed by atoms with Gasteiger partial charge in [-0.15, -0.1) is 0 Å². The zero-order chi connectivity index (χ0) is 16.2. The summed E-state index contributed by atoms with van der Waals surface area (Å²) in [5.41, 5.74) is 1.45. The molecule has 2 heterocycles. The van der Waals surface area contributed by atoms with Gasteiger partial charge in [0.15, 0.2) is 0 Å². The number of anilines is 1. The minimum atomic E-state index is -0.245. The minimum absolute atomic E-state index is 0.0791. The van der Waals surface area contributed by atoms with E-state index in [4.69, 9.17) is 0 Å². The van der Waals surface area contributed by atoms with Gasteiger partial charge >= 0.3 is 0 Å². The molecule has 0 aliphatic carbocycles. The van der Waals surface area contributed by atoms with Crippen LogP contribution in [0, 0.1) is 0 Å². The van der Waals surface area contributed by atoms with Gasteiger partial charge in [0, 0.05) is 38.2 Å². The fourth-order valence-electron chi connectivity index (χ4n) is 2.50. The highest BCUT2D eigenvalue weighted by Gasteiger charge is 2.28. The monoisotopic (exact) mass is 312 g/mol. The van der Waals surface area contributed by atoms with Crippen molar-refractivity contribution >= 4 is 23.4 Å². The van der Waals surface area contributed by atoms with Gasteiger partial charge in [0.05, 0.1) is 17.7 Å². The molecule has 7 heteroatoms. The van der Waals surface area contributed by atoms with Gasteiger partial charge in [0.2, 0.25) is 17.7 Å². The number of hydrogen-bond acceptors (Lipinski definition) is 4. The summed E-state index contributed by atoms with van der Waals surface area (Å²) in [7, 11) is 0. The lowest BCUT2D eigenvalue weighted by Gasteiger charge is -2.14. The second-order valence-electron chi connectivity index (χ2n) is 5.22. The minimum Gasteiger partial charge on any atom is -0.324 e. The van der Waals surface area contributed by atoms with Crippen molar-refractivity contribution in [2.24, 2.45) is 0 Å². The molecule has 1 N–H and O–H groups in total. The zero-order valence-electron chi connectivity index (χ0n) is 12.4. The molecule has 0 radical (unpaired) electrons. The molecule has 0 saturated carbocycles. The van der Waals surface area contributed by atoms with E-state index in [1.807, 2.05) is 18.2 Å². The Morgan fingerprint density at radius 2 is 1.91 bits per heavy atom. The summed E-state index contributed by atoms with van der Waals surface area (Å²) in [5, 5.41) is 2.82. The highest BCUT2D eigenvalue weighted by atomic mass is 16.2. The van der Waals surface area contributed by atoms with Crippen LogP contribution in [0.15, 0.2) is 43.0 Å². The number of benzene rings is 1. The van der Waals surface area contributed by atoms with Crippen molar-refractivity contribution in [2.45, 2.75) is 19.3 Å². The molecule has 1 aromatic heterocycles. The molecule has 1 aliphatic rings. The van der Waals surface area contributed by atoms with Crippen LogP contribution in [0.5, 0.6) is 0 Å². The van der Waals surface area contributed by atoms with Crippen molar-refractivity contribution < 1.29 is 14.4 Å². The average Bonchev–Trinajstić information content (AvgIpc) is 3.17. The Morgan fingerprint density at radius 1 is 1.17 bits per heavy atom. The van der Waals surface area contributed by atoms with Crippen LogP contribution >= 0.6 is 0 Å². The Kier molecular flexibility index (Phi) is 4.18. The summed E-state index contributed by atoms with van der Waals surface area (Å²) < 4.78 is 1.79. The predicted octanol–water partition coefficient (Wildman–Crippen LogP) is 1.35. The molecular formula is C16H16N4O3. The lowest BCUT2D eigenvalue weighted by Crippen LogP contribution is -2.32. The number of rotatable bonds is 5. The van der Waals surface area contributed by atoms with E-state index in [0.29, 0.717) is 5.69 Å². The van der Waals surface area contributed by atoms with Crippen LogP contribution in [0.4, 0.5) is 5.69 Å². The summed E-state index contributed by atoms with van der Waals surface area (Å²) in [6.45, 7) is 0.122. The molecule has 0 bridgehead atoms. The summed E-state index contributed by atoms with van der Waals surface area (Å²) in [4.78, 5) is 40.3. The van der Waals surface area contributed by atoms with E-state index < -0.39 is 0 Å². The number of hydrogen-bond donors (Lipinski definition) is 1. The quantitative estimate of drug-likeness (QED) is 0.845. The molecule has 2 aromatic rings. The van der Waals surface area contributed by atoms with E-state index in [-0.39, 0.29) is 43.5 Å². The normalized spacial score (nSPS) is 14.3. The first-order chi connectivity index (χ1) is 11.1. The third-order valence-corrected chi connectivity index (χ3v) is 3.68. The molecule has 7 nitrogen and oxygen atoms in total. The number of para-hydroxylation sites is 2. The Bertz CT molecular complexity index is 724. The summed E-state index contributed by atoms with van der Waals surface area (Å²) >= 11 is 0. The van der Waals surface area contributed by atoms with E-state index >= 15 is 0 Å². The number of carbonyl (C=O) groups excluding carboxylic acids is 3. The van der Waals surface area contributed by atoms with Gasteiger partial charge in [-0.05, 0) is 12.1 Å². The maximum Gasteiger partial charge on any atom is 0.229 e. The summed E-state index contributed by atoms with van der Waals surface area (Å²) in [6.07, 6.45) is 5.64. The molecule has 3 rings (SSSR count). The standard InChI is InChI=1S/C16H16N4O3/c21-14(7-9-20-15(22)5-6-16(20)23)18-12-3-1-2-4-13(12)19-10-8-17-11-19/h1-4,8,10-11H,5-7,9H2,(H,18,21). The molecule has 1 aromatic carbocycles. The maximum absolute atomic E-state index is 12.1. The number of amides is 3. The number of nitrogens with one attached hydrogen (secondary N) is 1. The van der Waals surface area contributed by atoms with Crippen LogP contribution in [0.2, 0.25) is 0 Å². The first-order valence-corrected chi connectivity index (χ1v) is 7.35. The van der Waals surface area contributed by atoms with Crippen LogP contribution in [0.3, 0.4) is 0 Å². The number of imidazole rings is 1. The maximum atomic E-state index is 12.1. The molecule has 0 unspecified atom stereocenters. The van der Waals surface area contributed by atoms with Crippen LogP contribution in [-0.2, 0) is 14.4 Å². The lowest BCUT2D eigenvalue weighted by atomic mass is 10.2. The fraction of sp³-hybridized carbons (Fsp3) is 0.250. The van der Waals surface area contributed by atoms with Crippen molar-refractivity contribution in [3.63, 3.8) is 0 Å². The molecule has 1 fully saturated rings. The van der Waals surface area contributed by atoms with Crippen molar-refractivity contribution in [3.05, 3.63) is 43.0 Å². The predicted molar refractivity (Wildman–Crippen MR) is 82.8 cm³/mol. The van der Waals surface area contributed by atoms with E-state index in [9.17, 15) is 14.4 Å². The first kappa shape index (κ1) is 15.0. The Labute approximate surface area is 132 Å². The topological polar surface area (TPSA) is 84.3 Å². The van der Waals surface area contributed by atoms with Gasteiger partial charge in [0.25, 0.3) is 0 Å². The van der Waals surface area contributed by atoms with Gasteiger partial charge in [0.1, 0.15) is 0 Å². The van der Waals surface area contributed by atoms with Crippen LogP contribution in [0.25, 0.3) is 5.69 Å². The van der Waals surface area contributed by atoms with Crippen molar-refractivity contribution in [2.75, 3.05) is 11.9 Å². The molecule has 23 heavy (non-hydrogen) atoms. The third kappa shape index (κ3) is 3.28. The molecule has 0 spiro atoms. The van der Waals surface area contributed by atoms with Gasteiger partial charge < -0.3 is 9.88 Å². The smallest absolute Gasteiger partial charge is 0.229 e. The van der Waals surface area contributed by atoms with Gasteiger partial charge in [-0.3, -0.25) is 19.3 Å². The van der Waals surface area contributed by atoms with Gasteiger partial charge in [-0.1, -0.05) is 12.1 Å². The van der Waals surface area contributed by atoms with E-state index in [1.54, 1.807) is 29.4 Å². The van der Waals surface area contributed by atoms with Crippen molar-refractivity contribution in [3.8, 4) is 5.69 Å². The molecule has 1 aliphatic heterocycles. The SMILES string of the molecule is O=C(CCN1C(=O)CCC1=O)Nc1ccccc1-n1ccnc1. The summed E-state index contributed by atoms with van der Waals surface area (Å²) in [5.74, 6) is -0.659. The molecule has 0 atom stereocenters. The highest BCUT2D eigenvalue weighted by Crippen LogP contribution is 2.20. The van der Waals surface area contributed by atoms with E-state index in [2.05, 4.69) is 10.3 Å². The van der Waals surface area contributed by atoms with Crippen molar-refractivity contribution in [1.29, 1.82) is 0 Å². The number of imide groups is 1.